The molecule has 3 rings (SSSR count). The van der Waals surface area contributed by atoms with E-state index in [0.29, 0.717) is 18.8 Å². The highest BCUT2D eigenvalue weighted by molar-refractivity contribution is 5.91. The fraction of sp³-hybridized carbons (Fsp3) is 0.444. The minimum atomic E-state index is -0.518. The Labute approximate surface area is 140 Å². The van der Waals surface area contributed by atoms with Gasteiger partial charge in [0.05, 0.1) is 11.2 Å². The lowest BCUT2D eigenvalue weighted by molar-refractivity contribution is 0.0293. The number of amides is 1. The topological polar surface area (TPSA) is 54.5 Å². The third-order valence-electron chi connectivity index (χ3n) is 3.92. The number of ether oxygens (including phenoxy) is 1. The number of hydrogen-bond acceptors (Lipinski definition) is 4. The summed E-state index contributed by atoms with van der Waals surface area (Å²) in [7, 11) is 0. The molecule has 1 aromatic carbocycles. The van der Waals surface area contributed by atoms with Gasteiger partial charge in [-0.25, -0.2) is 9.18 Å². The van der Waals surface area contributed by atoms with E-state index >= 15 is 0 Å². The summed E-state index contributed by atoms with van der Waals surface area (Å²) in [4.78, 5) is 18.0. The molecule has 1 saturated heterocycles. The predicted molar refractivity (Wildman–Crippen MR) is 91.5 cm³/mol. The number of likely N-dealkylation sites (tertiary alicyclic amines) is 1. The van der Waals surface area contributed by atoms with Crippen LogP contribution in [-0.2, 0) is 4.74 Å². The molecule has 1 aliphatic heterocycles. The summed E-state index contributed by atoms with van der Waals surface area (Å²) < 4.78 is 19.6. The maximum absolute atomic E-state index is 14.3. The average Bonchev–Trinajstić information content (AvgIpc) is 2.97. The second-order valence-electron chi connectivity index (χ2n) is 7.05. The smallest absolute Gasteiger partial charge is 0.410 e. The number of pyridine rings is 1. The van der Waals surface area contributed by atoms with E-state index < -0.39 is 5.60 Å². The molecule has 5 nitrogen and oxygen atoms in total. The number of fused-ring (bicyclic) bond motifs is 1. The van der Waals surface area contributed by atoms with E-state index in [1.807, 2.05) is 26.8 Å². The van der Waals surface area contributed by atoms with Crippen LogP contribution in [-0.4, -0.2) is 40.7 Å². The highest BCUT2D eigenvalue weighted by Gasteiger charge is 2.30. The second-order valence-corrected chi connectivity index (χ2v) is 7.05. The van der Waals surface area contributed by atoms with E-state index in [1.165, 1.54) is 6.07 Å². The number of benzene rings is 1. The van der Waals surface area contributed by atoms with Crippen molar-refractivity contribution in [1.82, 2.24) is 9.88 Å². The molecule has 128 valence electrons. The number of nitrogens with one attached hydrogen (secondary N) is 1. The van der Waals surface area contributed by atoms with Gasteiger partial charge in [-0.05, 0) is 51.5 Å². The van der Waals surface area contributed by atoms with Gasteiger partial charge in [-0.15, -0.1) is 0 Å². The van der Waals surface area contributed by atoms with Crippen LogP contribution < -0.4 is 5.32 Å². The van der Waals surface area contributed by atoms with Crippen molar-refractivity contribution in [3.8, 4) is 0 Å². The molecule has 24 heavy (non-hydrogen) atoms. The summed E-state index contributed by atoms with van der Waals surface area (Å²) in [5.74, 6) is -0.314. The van der Waals surface area contributed by atoms with Crippen LogP contribution in [0.2, 0.25) is 0 Å². The van der Waals surface area contributed by atoms with Crippen molar-refractivity contribution >= 4 is 22.7 Å². The van der Waals surface area contributed by atoms with E-state index in [9.17, 15) is 9.18 Å². The zero-order valence-electron chi connectivity index (χ0n) is 14.2. The largest absolute Gasteiger partial charge is 0.444 e. The van der Waals surface area contributed by atoms with Crippen LogP contribution in [0, 0.1) is 5.82 Å². The molecule has 1 N–H and O–H groups in total. The van der Waals surface area contributed by atoms with Gasteiger partial charge in [0.15, 0.2) is 0 Å². The van der Waals surface area contributed by atoms with Crippen molar-refractivity contribution in [3.05, 3.63) is 36.3 Å². The second kappa shape index (κ2) is 6.26. The van der Waals surface area contributed by atoms with E-state index in [-0.39, 0.29) is 18.0 Å². The molecule has 6 heteroatoms. The van der Waals surface area contributed by atoms with Crippen LogP contribution in [0.25, 0.3) is 10.9 Å². The van der Waals surface area contributed by atoms with Crippen LogP contribution in [0.1, 0.15) is 27.2 Å². The fourth-order valence-electron chi connectivity index (χ4n) is 2.85. The van der Waals surface area contributed by atoms with Crippen molar-refractivity contribution in [3.63, 3.8) is 0 Å². The minimum absolute atomic E-state index is 0.0159. The number of halogens is 1. The lowest BCUT2D eigenvalue weighted by atomic mass is 10.1. The van der Waals surface area contributed by atoms with Gasteiger partial charge in [0, 0.05) is 30.7 Å². The van der Waals surface area contributed by atoms with Crippen molar-refractivity contribution in [2.24, 2.45) is 0 Å². The highest BCUT2D eigenvalue weighted by atomic mass is 19.1. The Morgan fingerprint density at radius 1 is 1.38 bits per heavy atom. The molecule has 0 aliphatic carbocycles. The molecule has 1 unspecified atom stereocenters. The monoisotopic (exact) mass is 331 g/mol. The zero-order chi connectivity index (χ0) is 17.3. The first kappa shape index (κ1) is 16.5. The Balaban J connectivity index is 1.72. The van der Waals surface area contributed by atoms with E-state index in [2.05, 4.69) is 10.3 Å². The van der Waals surface area contributed by atoms with Crippen LogP contribution in [0.4, 0.5) is 14.9 Å². The molecule has 1 atom stereocenters. The summed E-state index contributed by atoms with van der Waals surface area (Å²) in [5, 5.41) is 3.98. The van der Waals surface area contributed by atoms with Crippen molar-refractivity contribution in [2.45, 2.75) is 38.8 Å². The number of hydrogen-bond donors (Lipinski definition) is 1. The summed E-state index contributed by atoms with van der Waals surface area (Å²) in [6, 6.07) is 6.69. The number of nitrogens with zero attached hydrogens (tertiary/aromatic N) is 2. The van der Waals surface area contributed by atoms with E-state index in [1.54, 1.807) is 23.2 Å². The highest BCUT2D eigenvalue weighted by Crippen LogP contribution is 2.27. The van der Waals surface area contributed by atoms with Gasteiger partial charge in [-0.2, -0.15) is 0 Å². The summed E-state index contributed by atoms with van der Waals surface area (Å²) in [5.41, 5.74) is 0.663. The van der Waals surface area contributed by atoms with E-state index in [4.69, 9.17) is 4.74 Å². The predicted octanol–water partition coefficient (Wildman–Crippen LogP) is 3.80. The summed E-state index contributed by atoms with van der Waals surface area (Å²) in [6.07, 6.45) is 2.10. The molecular formula is C18H22FN3O2. The van der Waals surface area contributed by atoms with Crippen LogP contribution in [0.15, 0.2) is 30.5 Å². The van der Waals surface area contributed by atoms with Crippen molar-refractivity contribution in [1.29, 1.82) is 0 Å². The first-order chi connectivity index (χ1) is 11.3. The fourth-order valence-corrected chi connectivity index (χ4v) is 2.85. The van der Waals surface area contributed by atoms with Gasteiger partial charge >= 0.3 is 6.09 Å². The molecule has 0 bridgehead atoms. The quantitative estimate of drug-likeness (QED) is 0.909. The standard InChI is InChI=1S/C18H22FN3O2/c1-18(2,3)24-17(23)22-10-8-12(11-22)21-16-13-5-4-9-20-15(13)7-6-14(16)19/h4-7,9,12,21H,8,10-11H2,1-3H3. The van der Waals surface area contributed by atoms with Gasteiger partial charge in [0.2, 0.25) is 0 Å². The van der Waals surface area contributed by atoms with Gasteiger partial charge in [-0.1, -0.05) is 0 Å². The third kappa shape index (κ3) is 3.58. The molecule has 0 radical (unpaired) electrons. The maximum Gasteiger partial charge on any atom is 0.410 e. The molecule has 0 saturated carbocycles. The summed E-state index contributed by atoms with van der Waals surface area (Å²) in [6.45, 7) is 6.61. The third-order valence-corrected chi connectivity index (χ3v) is 3.92. The molecule has 1 aliphatic rings. The molecular weight excluding hydrogens is 309 g/mol. The number of aromatic nitrogens is 1. The van der Waals surface area contributed by atoms with Gasteiger partial charge in [0.1, 0.15) is 11.4 Å². The Bertz CT molecular complexity index is 758. The number of anilines is 1. The molecule has 1 amide bonds. The van der Waals surface area contributed by atoms with Crippen LogP contribution in [0.3, 0.4) is 0 Å². The normalized spacial score (nSPS) is 18.0. The minimum Gasteiger partial charge on any atom is -0.444 e. The number of carbonyl (C=O) groups excluding carboxylic acids is 1. The Morgan fingerprint density at radius 2 is 2.17 bits per heavy atom. The van der Waals surface area contributed by atoms with Gasteiger partial charge in [-0.3, -0.25) is 4.98 Å². The first-order valence-electron chi connectivity index (χ1n) is 8.11. The van der Waals surface area contributed by atoms with Gasteiger partial charge < -0.3 is 15.0 Å². The number of rotatable bonds is 2. The van der Waals surface area contributed by atoms with Crippen LogP contribution >= 0.6 is 0 Å². The van der Waals surface area contributed by atoms with E-state index in [0.717, 1.165) is 17.3 Å². The molecule has 0 spiro atoms. The Hall–Kier alpha value is -2.37. The maximum atomic E-state index is 14.3. The Morgan fingerprint density at radius 3 is 2.92 bits per heavy atom. The lowest BCUT2D eigenvalue weighted by Crippen LogP contribution is -2.36. The molecule has 1 fully saturated rings. The van der Waals surface area contributed by atoms with Crippen molar-refractivity contribution in [2.75, 3.05) is 18.4 Å². The first-order valence-corrected chi connectivity index (χ1v) is 8.11. The molecule has 1 aromatic heterocycles. The number of carbonyl (C=O) groups is 1. The van der Waals surface area contributed by atoms with Crippen molar-refractivity contribution < 1.29 is 13.9 Å². The lowest BCUT2D eigenvalue weighted by Gasteiger charge is -2.24. The van der Waals surface area contributed by atoms with Gasteiger partial charge in [0.25, 0.3) is 0 Å². The van der Waals surface area contributed by atoms with Crippen LogP contribution in [0.5, 0.6) is 0 Å². The summed E-state index contributed by atoms with van der Waals surface area (Å²) >= 11 is 0. The SMILES string of the molecule is CC(C)(C)OC(=O)N1CCC(Nc2c(F)ccc3ncccc23)C1. The zero-order valence-corrected chi connectivity index (χ0v) is 14.2. The molecule has 2 heterocycles. The molecule has 2 aromatic rings. The Kier molecular flexibility index (Phi) is 4.30. The average molecular weight is 331 g/mol.